The number of piperazine rings is 1. The lowest BCUT2D eigenvalue weighted by Crippen LogP contribution is -2.54. The molecule has 0 saturated carbocycles. The molecular formula is C37H52N4O2. The van der Waals surface area contributed by atoms with Crippen molar-refractivity contribution in [1.82, 2.24) is 9.80 Å². The quantitative estimate of drug-likeness (QED) is 0.179. The van der Waals surface area contributed by atoms with Gasteiger partial charge in [0.1, 0.15) is 5.60 Å². The molecule has 1 atom stereocenters. The molecule has 1 aliphatic heterocycles. The molecule has 232 valence electrons. The van der Waals surface area contributed by atoms with Crippen LogP contribution in [0.4, 0.5) is 4.79 Å². The van der Waals surface area contributed by atoms with Crippen LogP contribution in [0.15, 0.2) is 99.9 Å². The molecule has 1 aliphatic carbocycles. The number of hydrogen-bond acceptors (Lipinski definition) is 5. The van der Waals surface area contributed by atoms with E-state index in [2.05, 4.69) is 64.5 Å². The summed E-state index contributed by atoms with van der Waals surface area (Å²) < 4.78 is 5.66. The standard InChI is InChI=1S/C37H52N4O2/c1-12-17-26(5)32(14-3)35(29(8)41-21-20-40(25-28(41)7)36(42)43-37(9,10)11)34(39-15-4)22-27(6)33-23-30(24-38)18-16-19-31(33)13-2/h14-16,18,23,28H,4-6,12-13,17,19-22,25H2,1-3,7-11H3/b32-14-,35-29+,39-34?/t28-/m0/s1. The van der Waals surface area contributed by atoms with Crippen LogP contribution in [0.5, 0.6) is 0 Å². The topological polar surface area (TPSA) is 68.9 Å². The number of aliphatic imine (C=N–C) groups is 1. The van der Waals surface area contributed by atoms with Crippen LogP contribution in [0.2, 0.25) is 0 Å². The van der Waals surface area contributed by atoms with Crippen LogP contribution in [-0.4, -0.2) is 52.9 Å². The van der Waals surface area contributed by atoms with Gasteiger partial charge in [-0.2, -0.15) is 5.26 Å². The molecule has 43 heavy (non-hydrogen) atoms. The number of carbonyl (C=O) groups excluding carboxylic acids is 1. The molecular weight excluding hydrogens is 532 g/mol. The number of hydrogen-bond donors (Lipinski definition) is 0. The Morgan fingerprint density at radius 2 is 1.95 bits per heavy atom. The first-order valence-corrected chi connectivity index (χ1v) is 15.5. The monoisotopic (exact) mass is 584 g/mol. The molecule has 0 spiro atoms. The van der Waals surface area contributed by atoms with Crippen molar-refractivity contribution in [3.63, 3.8) is 0 Å². The molecule has 0 bridgehead atoms. The summed E-state index contributed by atoms with van der Waals surface area (Å²) in [6.45, 7) is 31.0. The van der Waals surface area contributed by atoms with Gasteiger partial charge in [-0.3, -0.25) is 4.99 Å². The highest BCUT2D eigenvalue weighted by atomic mass is 16.6. The molecule has 2 rings (SSSR count). The van der Waals surface area contributed by atoms with Crippen LogP contribution >= 0.6 is 0 Å². The minimum absolute atomic E-state index is 0.0606. The van der Waals surface area contributed by atoms with Crippen LogP contribution in [-0.2, 0) is 4.74 Å². The first kappa shape index (κ1) is 35.3. The second-order valence-corrected chi connectivity index (χ2v) is 12.2. The molecule has 0 radical (unpaired) electrons. The van der Waals surface area contributed by atoms with Gasteiger partial charge in [-0.05, 0) is 95.2 Å². The summed E-state index contributed by atoms with van der Waals surface area (Å²) >= 11 is 0. The lowest BCUT2D eigenvalue weighted by Gasteiger charge is -2.43. The summed E-state index contributed by atoms with van der Waals surface area (Å²) in [7, 11) is 0. The Bertz CT molecular complexity index is 1320. The van der Waals surface area contributed by atoms with E-state index < -0.39 is 5.60 Å². The number of carbonyl (C=O) groups is 1. The van der Waals surface area contributed by atoms with E-state index in [1.807, 2.05) is 45.9 Å². The van der Waals surface area contributed by atoms with Crippen molar-refractivity contribution in [1.29, 1.82) is 5.26 Å². The molecule has 1 saturated heterocycles. The van der Waals surface area contributed by atoms with Crippen LogP contribution in [0, 0.1) is 11.3 Å². The molecule has 0 N–H and O–H groups in total. The number of allylic oxidation sites excluding steroid dienone is 12. The SMILES string of the molecule is C=CN=C(CC(=C)C1=C(CC)CC=CC(C#N)=C1)C(/C(=C\C)C(=C)CCC)=C(\C)N1CCN(C(=O)OC(C)(C)C)C[C@@H]1C. The van der Waals surface area contributed by atoms with Gasteiger partial charge in [0.05, 0.1) is 17.4 Å². The van der Waals surface area contributed by atoms with Crippen molar-refractivity contribution in [2.75, 3.05) is 19.6 Å². The Morgan fingerprint density at radius 1 is 1.26 bits per heavy atom. The van der Waals surface area contributed by atoms with Crippen molar-refractivity contribution in [2.45, 2.75) is 99.1 Å². The smallest absolute Gasteiger partial charge is 0.410 e. The third kappa shape index (κ3) is 9.58. The van der Waals surface area contributed by atoms with Gasteiger partial charge in [0, 0.05) is 49.6 Å². The third-order valence-electron chi connectivity index (χ3n) is 7.76. The molecule has 0 aromatic heterocycles. The summed E-state index contributed by atoms with van der Waals surface area (Å²) in [4.78, 5) is 21.9. The minimum atomic E-state index is -0.539. The van der Waals surface area contributed by atoms with Gasteiger partial charge in [0.15, 0.2) is 0 Å². The number of ether oxygens (including phenoxy) is 1. The molecule has 1 heterocycles. The van der Waals surface area contributed by atoms with Gasteiger partial charge >= 0.3 is 6.09 Å². The Labute approximate surface area is 260 Å². The van der Waals surface area contributed by atoms with E-state index in [1.54, 1.807) is 11.1 Å². The van der Waals surface area contributed by atoms with E-state index >= 15 is 0 Å². The predicted octanol–water partition coefficient (Wildman–Crippen LogP) is 9.15. The Balaban J connectivity index is 2.61. The van der Waals surface area contributed by atoms with Crippen LogP contribution in [0.25, 0.3) is 0 Å². The van der Waals surface area contributed by atoms with Crippen molar-refractivity contribution in [2.24, 2.45) is 4.99 Å². The summed E-state index contributed by atoms with van der Waals surface area (Å²) in [5.74, 6) is 0. The maximum absolute atomic E-state index is 12.9. The zero-order chi connectivity index (χ0) is 32.3. The van der Waals surface area contributed by atoms with E-state index in [0.29, 0.717) is 31.6 Å². The van der Waals surface area contributed by atoms with E-state index in [0.717, 1.165) is 65.0 Å². The predicted molar refractivity (Wildman–Crippen MR) is 181 cm³/mol. The van der Waals surface area contributed by atoms with Crippen LogP contribution in [0.3, 0.4) is 0 Å². The van der Waals surface area contributed by atoms with Gasteiger partial charge in [0.2, 0.25) is 0 Å². The Kier molecular flexibility index (Phi) is 13.3. The molecule has 1 fully saturated rings. The van der Waals surface area contributed by atoms with Gasteiger partial charge < -0.3 is 14.5 Å². The van der Waals surface area contributed by atoms with Gasteiger partial charge in [-0.1, -0.05) is 57.7 Å². The molecule has 1 amide bonds. The van der Waals surface area contributed by atoms with E-state index in [1.165, 1.54) is 5.57 Å². The molecule has 0 aromatic carbocycles. The second-order valence-electron chi connectivity index (χ2n) is 12.2. The largest absolute Gasteiger partial charge is 0.444 e. The summed E-state index contributed by atoms with van der Waals surface area (Å²) in [5.41, 5.74) is 8.35. The Hall–Kier alpha value is -3.85. The fourth-order valence-electron chi connectivity index (χ4n) is 5.72. The van der Waals surface area contributed by atoms with E-state index in [9.17, 15) is 10.1 Å². The fourth-order valence-corrected chi connectivity index (χ4v) is 5.72. The molecule has 2 aliphatic rings. The lowest BCUT2D eigenvalue weighted by molar-refractivity contribution is 0.0101. The zero-order valence-electron chi connectivity index (χ0n) is 27.8. The Morgan fingerprint density at radius 3 is 2.49 bits per heavy atom. The lowest BCUT2D eigenvalue weighted by atomic mass is 9.85. The average Bonchev–Trinajstić information content (AvgIpc) is 3.16. The number of rotatable bonds is 11. The number of nitrogens with zero attached hydrogens (tertiary/aromatic N) is 4. The summed E-state index contributed by atoms with van der Waals surface area (Å²) in [6, 6.07) is 2.36. The number of nitriles is 1. The van der Waals surface area contributed by atoms with Gasteiger partial charge in [-0.15, -0.1) is 0 Å². The highest BCUT2D eigenvalue weighted by molar-refractivity contribution is 6.07. The van der Waals surface area contributed by atoms with E-state index in [-0.39, 0.29) is 12.1 Å². The maximum atomic E-state index is 12.9. The molecule has 0 aromatic rings. The highest BCUT2D eigenvalue weighted by Crippen LogP contribution is 2.34. The summed E-state index contributed by atoms with van der Waals surface area (Å²) in [6.07, 6.45) is 13.3. The first-order valence-electron chi connectivity index (χ1n) is 15.5. The number of amides is 1. The average molecular weight is 585 g/mol. The van der Waals surface area contributed by atoms with Gasteiger partial charge in [0.25, 0.3) is 0 Å². The molecule has 6 heteroatoms. The van der Waals surface area contributed by atoms with Crippen molar-refractivity contribution < 1.29 is 9.53 Å². The molecule has 6 nitrogen and oxygen atoms in total. The highest BCUT2D eigenvalue weighted by Gasteiger charge is 2.32. The van der Waals surface area contributed by atoms with Crippen molar-refractivity contribution >= 4 is 11.8 Å². The molecule has 0 unspecified atom stereocenters. The minimum Gasteiger partial charge on any atom is -0.444 e. The van der Waals surface area contributed by atoms with Crippen LogP contribution in [0.1, 0.15) is 87.5 Å². The van der Waals surface area contributed by atoms with Crippen molar-refractivity contribution in [3.05, 3.63) is 94.9 Å². The maximum Gasteiger partial charge on any atom is 0.410 e. The fraction of sp³-hybridized carbons (Fsp3) is 0.486. The summed E-state index contributed by atoms with van der Waals surface area (Å²) in [5, 5.41) is 9.67. The third-order valence-corrected chi connectivity index (χ3v) is 7.76. The zero-order valence-corrected chi connectivity index (χ0v) is 27.8. The van der Waals surface area contributed by atoms with Crippen molar-refractivity contribution in [3.8, 4) is 6.07 Å². The first-order chi connectivity index (χ1) is 20.3. The normalized spacial score (nSPS) is 18.9. The van der Waals surface area contributed by atoms with E-state index in [4.69, 9.17) is 9.73 Å². The van der Waals surface area contributed by atoms with Crippen LogP contribution < -0.4 is 0 Å². The second kappa shape index (κ2) is 16.1. The van der Waals surface area contributed by atoms with Gasteiger partial charge in [-0.25, -0.2) is 4.79 Å².